The monoisotopic (exact) mass is 254 g/mol. The molecule has 1 amide bonds. The zero-order valence-electron chi connectivity index (χ0n) is 9.15. The van der Waals surface area contributed by atoms with Crippen LogP contribution in [0.1, 0.15) is 25.7 Å². The van der Waals surface area contributed by atoms with Gasteiger partial charge in [-0.2, -0.15) is 0 Å². The number of carbonyl (C=O) groups excluding carboxylic acids is 1. The topological polar surface area (TPSA) is 41.1 Å². The summed E-state index contributed by atoms with van der Waals surface area (Å²) in [5.74, 6) is -0.507. The Bertz CT molecular complexity index is 498. The lowest BCUT2D eigenvalue weighted by Crippen LogP contribution is -2.50. The second-order valence-electron chi connectivity index (χ2n) is 4.68. The number of rotatable bonds is 0. The first-order chi connectivity index (χ1) is 8.11. The number of hydrogen-bond acceptors (Lipinski definition) is 2. The fourth-order valence-electron chi connectivity index (χ4n) is 2.64. The standard InChI is InChI=1S/C12H12ClFN2O/c13-7-5-9-10(6-8(7)14)16-12(11(17)15-9)3-1-2-4-12/h5-6,16H,1-4H2,(H,15,17). The highest BCUT2D eigenvalue weighted by Gasteiger charge is 2.44. The molecule has 0 atom stereocenters. The summed E-state index contributed by atoms with van der Waals surface area (Å²) < 4.78 is 13.4. The molecule has 2 N–H and O–H groups in total. The Morgan fingerprint density at radius 1 is 1.24 bits per heavy atom. The molecule has 1 aliphatic heterocycles. The fourth-order valence-corrected chi connectivity index (χ4v) is 2.80. The van der Waals surface area contributed by atoms with E-state index in [1.165, 1.54) is 12.1 Å². The molecule has 0 unspecified atom stereocenters. The molecule has 0 aromatic heterocycles. The lowest BCUT2D eigenvalue weighted by molar-refractivity contribution is -0.120. The largest absolute Gasteiger partial charge is 0.369 e. The molecule has 5 heteroatoms. The molecule has 1 spiro atoms. The van der Waals surface area contributed by atoms with Crippen LogP contribution < -0.4 is 10.6 Å². The number of fused-ring (bicyclic) bond motifs is 1. The molecular weight excluding hydrogens is 243 g/mol. The summed E-state index contributed by atoms with van der Waals surface area (Å²) in [6.07, 6.45) is 3.63. The van der Waals surface area contributed by atoms with Gasteiger partial charge in [0.1, 0.15) is 11.4 Å². The Morgan fingerprint density at radius 2 is 1.94 bits per heavy atom. The van der Waals surface area contributed by atoms with Crippen LogP contribution in [0, 0.1) is 5.82 Å². The number of halogens is 2. The molecule has 0 bridgehead atoms. The van der Waals surface area contributed by atoms with Gasteiger partial charge in [-0.1, -0.05) is 24.4 Å². The van der Waals surface area contributed by atoms with E-state index >= 15 is 0 Å². The van der Waals surface area contributed by atoms with E-state index < -0.39 is 11.4 Å². The van der Waals surface area contributed by atoms with Crippen molar-refractivity contribution in [3.8, 4) is 0 Å². The Hall–Kier alpha value is -1.29. The molecule has 1 aliphatic carbocycles. The quantitative estimate of drug-likeness (QED) is 0.747. The van der Waals surface area contributed by atoms with E-state index in [4.69, 9.17) is 11.6 Å². The van der Waals surface area contributed by atoms with Crippen LogP contribution in [0.3, 0.4) is 0 Å². The van der Waals surface area contributed by atoms with E-state index in [0.717, 1.165) is 25.7 Å². The predicted octanol–water partition coefficient (Wildman–Crippen LogP) is 3.16. The molecule has 3 rings (SSSR count). The molecule has 1 saturated carbocycles. The van der Waals surface area contributed by atoms with Gasteiger partial charge >= 0.3 is 0 Å². The van der Waals surface area contributed by atoms with Crippen molar-refractivity contribution < 1.29 is 9.18 Å². The van der Waals surface area contributed by atoms with Crippen molar-refractivity contribution in [1.82, 2.24) is 0 Å². The summed E-state index contributed by atoms with van der Waals surface area (Å²) in [4.78, 5) is 12.1. The molecule has 0 saturated heterocycles. The third-order valence-corrected chi connectivity index (χ3v) is 3.86. The minimum Gasteiger partial charge on any atom is -0.369 e. The van der Waals surface area contributed by atoms with Crippen molar-refractivity contribution >= 4 is 28.9 Å². The van der Waals surface area contributed by atoms with E-state index in [0.29, 0.717) is 11.4 Å². The van der Waals surface area contributed by atoms with E-state index in [2.05, 4.69) is 10.6 Å². The van der Waals surface area contributed by atoms with Crippen molar-refractivity contribution in [2.75, 3.05) is 10.6 Å². The van der Waals surface area contributed by atoms with Crippen LogP contribution in [-0.4, -0.2) is 11.4 Å². The van der Waals surface area contributed by atoms with Crippen LogP contribution in [-0.2, 0) is 4.79 Å². The number of amides is 1. The Morgan fingerprint density at radius 3 is 2.65 bits per heavy atom. The summed E-state index contributed by atoms with van der Waals surface area (Å²) in [7, 11) is 0. The van der Waals surface area contributed by atoms with E-state index in [-0.39, 0.29) is 10.9 Å². The smallest absolute Gasteiger partial charge is 0.250 e. The number of anilines is 2. The van der Waals surface area contributed by atoms with E-state index in [1.807, 2.05) is 0 Å². The number of benzene rings is 1. The molecule has 3 nitrogen and oxygen atoms in total. The maximum atomic E-state index is 13.4. The van der Waals surface area contributed by atoms with Crippen molar-refractivity contribution in [2.45, 2.75) is 31.2 Å². The maximum absolute atomic E-state index is 13.4. The van der Waals surface area contributed by atoms with Gasteiger partial charge in [0.2, 0.25) is 5.91 Å². The van der Waals surface area contributed by atoms with Crippen LogP contribution in [0.5, 0.6) is 0 Å². The Kier molecular flexibility index (Phi) is 2.30. The number of hydrogen-bond donors (Lipinski definition) is 2. The van der Waals surface area contributed by atoms with Gasteiger partial charge in [0.05, 0.1) is 16.4 Å². The summed E-state index contributed by atoms with van der Waals surface area (Å²) in [6, 6.07) is 2.79. The first-order valence-electron chi connectivity index (χ1n) is 5.69. The van der Waals surface area contributed by atoms with Crippen molar-refractivity contribution in [3.05, 3.63) is 23.0 Å². The van der Waals surface area contributed by atoms with Crippen LogP contribution in [0.2, 0.25) is 5.02 Å². The van der Waals surface area contributed by atoms with Gasteiger partial charge in [0.15, 0.2) is 0 Å². The van der Waals surface area contributed by atoms with Gasteiger partial charge in [-0.05, 0) is 18.9 Å². The molecule has 0 radical (unpaired) electrons. The van der Waals surface area contributed by atoms with E-state index in [1.54, 1.807) is 0 Å². The first-order valence-corrected chi connectivity index (χ1v) is 6.07. The van der Waals surface area contributed by atoms with Crippen LogP contribution in [0.15, 0.2) is 12.1 Å². The third kappa shape index (κ3) is 1.59. The van der Waals surface area contributed by atoms with Gasteiger partial charge in [0.25, 0.3) is 0 Å². The molecule has 17 heavy (non-hydrogen) atoms. The van der Waals surface area contributed by atoms with Gasteiger partial charge in [-0.15, -0.1) is 0 Å². The number of carbonyl (C=O) groups is 1. The highest BCUT2D eigenvalue weighted by molar-refractivity contribution is 6.31. The zero-order chi connectivity index (χ0) is 12.0. The van der Waals surface area contributed by atoms with Crippen molar-refractivity contribution in [3.63, 3.8) is 0 Å². The van der Waals surface area contributed by atoms with Crippen LogP contribution >= 0.6 is 11.6 Å². The highest BCUT2D eigenvalue weighted by atomic mass is 35.5. The second kappa shape index (κ2) is 3.60. The molecular formula is C12H12ClFN2O. The normalized spacial score (nSPS) is 20.9. The van der Waals surface area contributed by atoms with Gasteiger partial charge < -0.3 is 10.6 Å². The van der Waals surface area contributed by atoms with E-state index in [9.17, 15) is 9.18 Å². The summed E-state index contributed by atoms with van der Waals surface area (Å²) in [6.45, 7) is 0. The minimum absolute atomic E-state index is 0.0215. The van der Waals surface area contributed by atoms with Gasteiger partial charge in [-0.3, -0.25) is 4.79 Å². The van der Waals surface area contributed by atoms with Crippen molar-refractivity contribution in [2.24, 2.45) is 0 Å². The van der Waals surface area contributed by atoms with Crippen molar-refractivity contribution in [1.29, 1.82) is 0 Å². The van der Waals surface area contributed by atoms with Crippen LogP contribution in [0.4, 0.5) is 15.8 Å². The molecule has 1 aromatic carbocycles. The lowest BCUT2D eigenvalue weighted by Gasteiger charge is -2.35. The summed E-state index contributed by atoms with van der Waals surface area (Å²) in [5.41, 5.74) is 0.625. The second-order valence-corrected chi connectivity index (χ2v) is 5.09. The fraction of sp³-hybridized carbons (Fsp3) is 0.417. The Balaban J connectivity index is 2.04. The minimum atomic E-state index is -0.548. The average Bonchev–Trinajstić information content (AvgIpc) is 2.73. The molecule has 2 aliphatic rings. The molecule has 90 valence electrons. The molecule has 1 heterocycles. The van der Waals surface area contributed by atoms with Crippen LogP contribution in [0.25, 0.3) is 0 Å². The summed E-state index contributed by atoms with van der Waals surface area (Å²) in [5, 5.41) is 6.01. The van der Waals surface area contributed by atoms with Gasteiger partial charge in [-0.25, -0.2) is 4.39 Å². The first kappa shape index (κ1) is 10.8. The van der Waals surface area contributed by atoms with Gasteiger partial charge in [0, 0.05) is 6.07 Å². The molecule has 1 aromatic rings. The summed E-state index contributed by atoms with van der Waals surface area (Å²) >= 11 is 5.69. The number of nitrogens with one attached hydrogen (secondary N) is 2. The predicted molar refractivity (Wildman–Crippen MR) is 64.9 cm³/mol. The zero-order valence-corrected chi connectivity index (χ0v) is 9.90. The maximum Gasteiger partial charge on any atom is 0.250 e. The Labute approximate surface area is 103 Å². The lowest BCUT2D eigenvalue weighted by atomic mass is 9.93. The third-order valence-electron chi connectivity index (χ3n) is 3.57. The average molecular weight is 255 g/mol. The SMILES string of the molecule is O=C1Nc2cc(Cl)c(F)cc2NC12CCCC2. The molecule has 1 fully saturated rings. The highest BCUT2D eigenvalue weighted by Crippen LogP contribution is 2.41.